The van der Waals surface area contributed by atoms with Crippen LogP contribution in [0.4, 0.5) is 0 Å². The Balaban J connectivity index is 1.41. The number of aliphatic carboxylic acids is 1. The summed E-state index contributed by atoms with van der Waals surface area (Å²) < 4.78 is 18.2. The standard InChI is InChI=1S/C24H23NO5S/c1-3-28-20(24(26)27)12-16-8-10-18(11-9-16)29-14-19-15(2)30-23(25-19)22-13-17-6-4-5-7-21(17)31-22/h4-11,13,20H,3,12,14H2,1-2H3,(H,26,27)/t20-/m1/s1. The van der Waals surface area contributed by atoms with Crippen molar-refractivity contribution in [3.63, 3.8) is 0 Å². The molecule has 0 aliphatic rings. The highest BCUT2D eigenvalue weighted by molar-refractivity contribution is 7.22. The van der Waals surface area contributed by atoms with Crippen molar-refractivity contribution in [2.75, 3.05) is 6.61 Å². The highest BCUT2D eigenvalue weighted by atomic mass is 32.1. The van der Waals surface area contributed by atoms with E-state index in [1.165, 1.54) is 10.1 Å². The largest absolute Gasteiger partial charge is 0.487 e. The Morgan fingerprint density at radius 2 is 1.97 bits per heavy atom. The molecule has 0 amide bonds. The predicted molar refractivity (Wildman–Crippen MR) is 120 cm³/mol. The van der Waals surface area contributed by atoms with E-state index in [9.17, 15) is 9.90 Å². The van der Waals surface area contributed by atoms with Gasteiger partial charge < -0.3 is 19.0 Å². The van der Waals surface area contributed by atoms with E-state index >= 15 is 0 Å². The van der Waals surface area contributed by atoms with Gasteiger partial charge in [-0.1, -0.05) is 30.3 Å². The molecular weight excluding hydrogens is 414 g/mol. The van der Waals surface area contributed by atoms with Crippen molar-refractivity contribution < 1.29 is 23.8 Å². The maximum Gasteiger partial charge on any atom is 0.333 e. The van der Waals surface area contributed by atoms with Gasteiger partial charge in [0.05, 0.1) is 4.88 Å². The maximum absolute atomic E-state index is 11.2. The number of rotatable bonds is 9. The second-order valence-electron chi connectivity index (χ2n) is 7.09. The quantitative estimate of drug-likeness (QED) is 0.374. The van der Waals surface area contributed by atoms with Crippen LogP contribution in [0.25, 0.3) is 20.9 Å². The van der Waals surface area contributed by atoms with E-state index in [1.807, 2.05) is 43.3 Å². The third kappa shape index (κ3) is 4.95. The Morgan fingerprint density at radius 3 is 2.68 bits per heavy atom. The fourth-order valence-electron chi connectivity index (χ4n) is 3.26. The molecule has 0 fully saturated rings. The third-order valence-electron chi connectivity index (χ3n) is 4.89. The van der Waals surface area contributed by atoms with Gasteiger partial charge in [0.1, 0.15) is 23.8 Å². The summed E-state index contributed by atoms with van der Waals surface area (Å²) in [6.45, 7) is 4.31. The van der Waals surface area contributed by atoms with E-state index in [4.69, 9.17) is 13.9 Å². The number of thiophene rings is 1. The molecule has 6 nitrogen and oxygen atoms in total. The van der Waals surface area contributed by atoms with Crippen molar-refractivity contribution in [1.82, 2.24) is 4.98 Å². The van der Waals surface area contributed by atoms with E-state index in [-0.39, 0.29) is 6.61 Å². The molecule has 2 aromatic heterocycles. The van der Waals surface area contributed by atoms with Crippen LogP contribution in [-0.2, 0) is 22.6 Å². The van der Waals surface area contributed by atoms with Gasteiger partial charge in [-0.05, 0) is 49.1 Å². The van der Waals surface area contributed by atoms with Crippen molar-refractivity contribution in [1.29, 1.82) is 0 Å². The lowest BCUT2D eigenvalue weighted by Crippen LogP contribution is -2.26. The Hall–Kier alpha value is -3.16. The van der Waals surface area contributed by atoms with Crippen LogP contribution in [0.3, 0.4) is 0 Å². The maximum atomic E-state index is 11.2. The zero-order valence-electron chi connectivity index (χ0n) is 17.3. The summed E-state index contributed by atoms with van der Waals surface area (Å²) in [4.78, 5) is 16.9. The van der Waals surface area contributed by atoms with Gasteiger partial charge in [-0.2, -0.15) is 0 Å². The molecule has 2 heterocycles. The molecule has 0 aliphatic heterocycles. The lowest BCUT2D eigenvalue weighted by Gasteiger charge is -2.12. The van der Waals surface area contributed by atoms with Crippen LogP contribution in [0, 0.1) is 6.92 Å². The number of fused-ring (bicyclic) bond motifs is 1. The molecule has 4 rings (SSSR count). The lowest BCUT2D eigenvalue weighted by atomic mass is 10.1. The van der Waals surface area contributed by atoms with Crippen molar-refractivity contribution in [3.05, 3.63) is 71.6 Å². The van der Waals surface area contributed by atoms with Gasteiger partial charge in [-0.3, -0.25) is 0 Å². The van der Waals surface area contributed by atoms with Crippen molar-refractivity contribution in [3.8, 4) is 16.5 Å². The molecule has 0 saturated carbocycles. The summed E-state index contributed by atoms with van der Waals surface area (Å²) in [5.41, 5.74) is 1.62. The minimum Gasteiger partial charge on any atom is -0.487 e. The van der Waals surface area contributed by atoms with Crippen LogP contribution in [0.5, 0.6) is 5.75 Å². The smallest absolute Gasteiger partial charge is 0.333 e. The first-order valence-electron chi connectivity index (χ1n) is 10.0. The van der Waals surface area contributed by atoms with Gasteiger partial charge in [-0.15, -0.1) is 11.3 Å². The first-order chi connectivity index (χ1) is 15.0. The summed E-state index contributed by atoms with van der Waals surface area (Å²) in [5.74, 6) is 1.05. The summed E-state index contributed by atoms with van der Waals surface area (Å²) in [7, 11) is 0. The Kier molecular flexibility index (Phi) is 6.34. The van der Waals surface area contributed by atoms with E-state index in [0.717, 1.165) is 21.9 Å². The Bertz CT molecular complexity index is 1150. The number of ether oxygens (including phenoxy) is 2. The van der Waals surface area contributed by atoms with Gasteiger partial charge in [0.15, 0.2) is 6.10 Å². The van der Waals surface area contributed by atoms with Crippen molar-refractivity contribution >= 4 is 27.4 Å². The second-order valence-corrected chi connectivity index (χ2v) is 8.17. The van der Waals surface area contributed by atoms with Gasteiger partial charge >= 0.3 is 5.97 Å². The minimum absolute atomic E-state index is 0.288. The zero-order valence-corrected chi connectivity index (χ0v) is 18.1. The first kappa shape index (κ1) is 21.1. The van der Waals surface area contributed by atoms with Crippen molar-refractivity contribution in [2.24, 2.45) is 0 Å². The zero-order chi connectivity index (χ0) is 21.8. The Morgan fingerprint density at radius 1 is 1.19 bits per heavy atom. The normalized spacial score (nSPS) is 12.2. The molecule has 7 heteroatoms. The minimum atomic E-state index is -0.960. The van der Waals surface area contributed by atoms with E-state index < -0.39 is 12.1 Å². The molecule has 31 heavy (non-hydrogen) atoms. The number of hydrogen-bond donors (Lipinski definition) is 1. The topological polar surface area (TPSA) is 81.8 Å². The Labute approximate surface area is 184 Å². The van der Waals surface area contributed by atoms with Gasteiger partial charge in [0.25, 0.3) is 0 Å². The third-order valence-corrected chi connectivity index (χ3v) is 6.00. The number of hydrogen-bond acceptors (Lipinski definition) is 6. The molecule has 0 spiro atoms. The van der Waals surface area contributed by atoms with Gasteiger partial charge in [0.2, 0.25) is 5.89 Å². The molecule has 160 valence electrons. The molecule has 2 aromatic carbocycles. The van der Waals surface area contributed by atoms with Crippen LogP contribution in [-0.4, -0.2) is 28.8 Å². The summed E-state index contributed by atoms with van der Waals surface area (Å²) in [6, 6.07) is 17.6. The van der Waals surface area contributed by atoms with Crippen molar-refractivity contribution in [2.45, 2.75) is 33.0 Å². The van der Waals surface area contributed by atoms with Crippen LogP contribution in [0.2, 0.25) is 0 Å². The van der Waals surface area contributed by atoms with E-state index in [1.54, 1.807) is 18.3 Å². The first-order valence-corrected chi connectivity index (χ1v) is 10.9. The van der Waals surface area contributed by atoms with Gasteiger partial charge in [-0.25, -0.2) is 9.78 Å². The summed E-state index contributed by atoms with van der Waals surface area (Å²) in [6.07, 6.45) is -0.536. The molecule has 0 aliphatic carbocycles. The molecular formula is C24H23NO5S. The predicted octanol–water partition coefficient (Wildman–Crippen LogP) is 5.48. The summed E-state index contributed by atoms with van der Waals surface area (Å²) in [5, 5.41) is 10.4. The second kappa shape index (κ2) is 9.32. The number of aryl methyl sites for hydroxylation is 1. The fraction of sp³-hybridized carbons (Fsp3) is 0.250. The molecule has 4 aromatic rings. The van der Waals surface area contributed by atoms with Crippen LogP contribution < -0.4 is 4.74 Å². The van der Waals surface area contributed by atoms with Crippen LogP contribution in [0.1, 0.15) is 23.9 Å². The number of aromatic nitrogens is 1. The fourth-order valence-corrected chi connectivity index (χ4v) is 4.25. The molecule has 0 radical (unpaired) electrons. The average molecular weight is 438 g/mol. The average Bonchev–Trinajstić information content (AvgIpc) is 3.36. The van der Waals surface area contributed by atoms with E-state index in [2.05, 4.69) is 23.2 Å². The molecule has 0 bridgehead atoms. The number of carboxylic acid groups (broad SMARTS) is 1. The SMILES string of the molecule is CCO[C@H](Cc1ccc(OCc2nc(-c3cc4ccccc4s3)oc2C)cc1)C(=O)O. The number of oxazole rings is 1. The van der Waals surface area contributed by atoms with Crippen LogP contribution >= 0.6 is 11.3 Å². The highest BCUT2D eigenvalue weighted by Crippen LogP contribution is 2.33. The highest BCUT2D eigenvalue weighted by Gasteiger charge is 2.18. The number of benzene rings is 2. The number of carboxylic acids is 1. The molecule has 1 atom stereocenters. The summed E-state index contributed by atoms with van der Waals surface area (Å²) >= 11 is 1.65. The monoisotopic (exact) mass is 437 g/mol. The lowest BCUT2D eigenvalue weighted by molar-refractivity contribution is -0.149. The molecule has 1 N–H and O–H groups in total. The number of carbonyl (C=O) groups is 1. The van der Waals surface area contributed by atoms with Gasteiger partial charge in [0, 0.05) is 17.7 Å². The molecule has 0 saturated heterocycles. The van der Waals surface area contributed by atoms with Crippen LogP contribution in [0.15, 0.2) is 59.0 Å². The number of nitrogens with zero attached hydrogens (tertiary/aromatic N) is 1. The van der Waals surface area contributed by atoms with E-state index in [0.29, 0.717) is 24.7 Å². The molecule has 0 unspecified atom stereocenters.